The summed E-state index contributed by atoms with van der Waals surface area (Å²) in [5.41, 5.74) is 1.56. The zero-order valence-electron chi connectivity index (χ0n) is 15.4. The Labute approximate surface area is 159 Å². The van der Waals surface area contributed by atoms with Gasteiger partial charge in [0.2, 0.25) is 0 Å². The molecule has 0 bridgehead atoms. The molecule has 0 radical (unpaired) electrons. The molecule has 0 aliphatic carbocycles. The zero-order valence-corrected chi connectivity index (χ0v) is 15.4. The standard InChI is InChI=1S/C22H24O5/c1-3-18-13-20(27-22(23)17-7-5-4-6-8-17)21(26-18)15-25-14-16-9-11-19(24-2)12-10-16/h3-12,18,20-21H,1,13-15H2,2H3/t18-,20-,21-/m1/s1. The number of hydrogen-bond acceptors (Lipinski definition) is 5. The fourth-order valence-electron chi connectivity index (χ4n) is 2.97. The second-order valence-corrected chi connectivity index (χ2v) is 6.36. The lowest BCUT2D eigenvalue weighted by Crippen LogP contribution is -2.31. The molecule has 5 nitrogen and oxygen atoms in total. The van der Waals surface area contributed by atoms with Crippen LogP contribution >= 0.6 is 0 Å². The van der Waals surface area contributed by atoms with E-state index in [1.807, 2.05) is 42.5 Å². The molecule has 142 valence electrons. The number of benzene rings is 2. The van der Waals surface area contributed by atoms with E-state index in [4.69, 9.17) is 18.9 Å². The van der Waals surface area contributed by atoms with Gasteiger partial charge in [0.15, 0.2) is 0 Å². The van der Waals surface area contributed by atoms with Crippen molar-refractivity contribution >= 4 is 5.97 Å². The summed E-state index contributed by atoms with van der Waals surface area (Å²) >= 11 is 0. The Morgan fingerprint density at radius 2 is 1.93 bits per heavy atom. The predicted molar refractivity (Wildman–Crippen MR) is 102 cm³/mol. The van der Waals surface area contributed by atoms with E-state index in [1.54, 1.807) is 25.3 Å². The Bertz CT molecular complexity index is 741. The Morgan fingerprint density at radius 3 is 2.59 bits per heavy atom. The first-order chi connectivity index (χ1) is 13.2. The van der Waals surface area contributed by atoms with Crippen molar-refractivity contribution in [2.75, 3.05) is 13.7 Å². The molecule has 1 fully saturated rings. The predicted octanol–water partition coefficient (Wildman–Crippen LogP) is 3.78. The highest BCUT2D eigenvalue weighted by atomic mass is 16.6. The van der Waals surface area contributed by atoms with Crippen LogP contribution in [0.15, 0.2) is 67.3 Å². The van der Waals surface area contributed by atoms with Crippen LogP contribution in [0.25, 0.3) is 0 Å². The Kier molecular flexibility index (Phi) is 6.63. The molecule has 1 aliphatic rings. The third-order valence-electron chi connectivity index (χ3n) is 4.47. The number of carbonyl (C=O) groups excluding carboxylic acids is 1. The molecule has 1 heterocycles. The lowest BCUT2D eigenvalue weighted by atomic mass is 10.1. The van der Waals surface area contributed by atoms with E-state index >= 15 is 0 Å². The number of ether oxygens (including phenoxy) is 4. The van der Waals surface area contributed by atoms with Gasteiger partial charge in [-0.05, 0) is 29.8 Å². The summed E-state index contributed by atoms with van der Waals surface area (Å²) in [6.45, 7) is 4.56. The molecule has 0 aromatic heterocycles. The number of methoxy groups -OCH3 is 1. The summed E-state index contributed by atoms with van der Waals surface area (Å²) in [5, 5.41) is 0. The first-order valence-corrected chi connectivity index (χ1v) is 8.94. The van der Waals surface area contributed by atoms with Crippen molar-refractivity contribution in [1.29, 1.82) is 0 Å². The third kappa shape index (κ3) is 5.18. The minimum atomic E-state index is -0.364. The average Bonchev–Trinajstić information content (AvgIpc) is 3.11. The highest BCUT2D eigenvalue weighted by Gasteiger charge is 2.37. The number of esters is 1. The van der Waals surface area contributed by atoms with Crippen molar-refractivity contribution in [1.82, 2.24) is 0 Å². The molecular formula is C22H24O5. The normalized spacial score (nSPS) is 21.6. The van der Waals surface area contributed by atoms with Gasteiger partial charge in [0.1, 0.15) is 18.0 Å². The van der Waals surface area contributed by atoms with Gasteiger partial charge in [-0.1, -0.05) is 36.4 Å². The monoisotopic (exact) mass is 368 g/mol. The van der Waals surface area contributed by atoms with Gasteiger partial charge in [0, 0.05) is 6.42 Å². The highest BCUT2D eigenvalue weighted by molar-refractivity contribution is 5.89. The molecule has 3 rings (SSSR count). The molecule has 1 saturated heterocycles. The molecule has 0 saturated carbocycles. The molecule has 2 aromatic carbocycles. The second kappa shape index (κ2) is 9.35. The van der Waals surface area contributed by atoms with E-state index in [0.29, 0.717) is 25.2 Å². The minimum Gasteiger partial charge on any atom is -0.497 e. The highest BCUT2D eigenvalue weighted by Crippen LogP contribution is 2.25. The first-order valence-electron chi connectivity index (χ1n) is 8.94. The molecular weight excluding hydrogens is 344 g/mol. The van der Waals surface area contributed by atoms with Crippen LogP contribution in [-0.2, 0) is 20.8 Å². The zero-order chi connectivity index (χ0) is 19.1. The second-order valence-electron chi connectivity index (χ2n) is 6.36. The van der Waals surface area contributed by atoms with Crippen molar-refractivity contribution in [3.63, 3.8) is 0 Å². The summed E-state index contributed by atoms with van der Waals surface area (Å²) in [6.07, 6.45) is 1.48. The van der Waals surface area contributed by atoms with Gasteiger partial charge in [-0.25, -0.2) is 4.79 Å². The van der Waals surface area contributed by atoms with E-state index in [1.165, 1.54) is 0 Å². The summed E-state index contributed by atoms with van der Waals surface area (Å²) < 4.78 is 22.5. The summed E-state index contributed by atoms with van der Waals surface area (Å²) in [6, 6.07) is 16.6. The van der Waals surface area contributed by atoms with Crippen molar-refractivity contribution in [3.05, 3.63) is 78.4 Å². The molecule has 5 heteroatoms. The smallest absolute Gasteiger partial charge is 0.338 e. The van der Waals surface area contributed by atoms with E-state index in [-0.39, 0.29) is 24.3 Å². The van der Waals surface area contributed by atoms with Gasteiger partial charge in [-0.3, -0.25) is 0 Å². The Hall–Kier alpha value is -2.63. The maximum absolute atomic E-state index is 12.3. The average molecular weight is 368 g/mol. The summed E-state index contributed by atoms with van der Waals surface area (Å²) in [4.78, 5) is 12.3. The van der Waals surface area contributed by atoms with Crippen LogP contribution in [0.5, 0.6) is 5.75 Å². The Balaban J connectivity index is 1.54. The number of hydrogen-bond donors (Lipinski definition) is 0. The van der Waals surface area contributed by atoms with Crippen LogP contribution in [-0.4, -0.2) is 38.0 Å². The quantitative estimate of drug-likeness (QED) is 0.524. The van der Waals surface area contributed by atoms with Crippen LogP contribution in [0.4, 0.5) is 0 Å². The Morgan fingerprint density at radius 1 is 1.19 bits per heavy atom. The molecule has 0 amide bonds. The third-order valence-corrected chi connectivity index (χ3v) is 4.47. The van der Waals surface area contributed by atoms with Gasteiger partial charge < -0.3 is 18.9 Å². The largest absolute Gasteiger partial charge is 0.497 e. The van der Waals surface area contributed by atoms with Gasteiger partial charge >= 0.3 is 5.97 Å². The van der Waals surface area contributed by atoms with Gasteiger partial charge in [0.05, 0.1) is 32.0 Å². The molecule has 2 aromatic rings. The van der Waals surface area contributed by atoms with E-state index in [2.05, 4.69) is 6.58 Å². The molecule has 1 aliphatic heterocycles. The summed E-state index contributed by atoms with van der Waals surface area (Å²) in [7, 11) is 1.63. The van der Waals surface area contributed by atoms with Crippen LogP contribution in [0.1, 0.15) is 22.3 Å². The summed E-state index contributed by atoms with van der Waals surface area (Å²) in [5.74, 6) is 0.452. The molecule has 0 unspecified atom stereocenters. The lowest BCUT2D eigenvalue weighted by Gasteiger charge is -2.19. The minimum absolute atomic E-state index is 0.145. The lowest BCUT2D eigenvalue weighted by molar-refractivity contribution is -0.0489. The van der Waals surface area contributed by atoms with Crippen molar-refractivity contribution in [2.24, 2.45) is 0 Å². The molecule has 0 N–H and O–H groups in total. The maximum atomic E-state index is 12.3. The van der Waals surface area contributed by atoms with Crippen LogP contribution in [0, 0.1) is 0 Å². The van der Waals surface area contributed by atoms with Crippen molar-refractivity contribution in [2.45, 2.75) is 31.3 Å². The SMILES string of the molecule is C=C[C@@H]1C[C@@H](OC(=O)c2ccccc2)[C@@H](COCc2ccc(OC)cc2)O1. The fraction of sp³-hybridized carbons (Fsp3) is 0.318. The molecule has 0 spiro atoms. The van der Waals surface area contributed by atoms with Gasteiger partial charge in [-0.2, -0.15) is 0 Å². The fourth-order valence-corrected chi connectivity index (χ4v) is 2.97. The van der Waals surface area contributed by atoms with Crippen LogP contribution < -0.4 is 4.74 Å². The van der Waals surface area contributed by atoms with Crippen LogP contribution in [0.2, 0.25) is 0 Å². The molecule has 27 heavy (non-hydrogen) atoms. The number of rotatable bonds is 8. The van der Waals surface area contributed by atoms with E-state index in [0.717, 1.165) is 11.3 Å². The van der Waals surface area contributed by atoms with Crippen molar-refractivity contribution < 1.29 is 23.7 Å². The number of carbonyl (C=O) groups is 1. The van der Waals surface area contributed by atoms with Crippen LogP contribution in [0.3, 0.4) is 0 Å². The van der Waals surface area contributed by atoms with Crippen molar-refractivity contribution in [3.8, 4) is 5.75 Å². The molecule has 3 atom stereocenters. The van der Waals surface area contributed by atoms with E-state index in [9.17, 15) is 4.79 Å². The van der Waals surface area contributed by atoms with Gasteiger partial charge in [-0.15, -0.1) is 6.58 Å². The van der Waals surface area contributed by atoms with Gasteiger partial charge in [0.25, 0.3) is 0 Å². The topological polar surface area (TPSA) is 54.0 Å². The maximum Gasteiger partial charge on any atom is 0.338 e. The first kappa shape index (κ1) is 19.1. The van der Waals surface area contributed by atoms with E-state index < -0.39 is 0 Å².